The summed E-state index contributed by atoms with van der Waals surface area (Å²) in [5, 5.41) is 14.2. The number of nitro groups is 1. The van der Waals surface area contributed by atoms with Gasteiger partial charge in [0, 0.05) is 43.5 Å². The second-order valence-electron chi connectivity index (χ2n) is 7.73. The molecule has 31 heavy (non-hydrogen) atoms. The van der Waals surface area contributed by atoms with E-state index in [4.69, 9.17) is 4.74 Å². The van der Waals surface area contributed by atoms with Gasteiger partial charge in [0.25, 0.3) is 11.6 Å². The van der Waals surface area contributed by atoms with E-state index in [2.05, 4.69) is 5.32 Å². The minimum absolute atomic E-state index is 0.138. The number of amides is 1. The zero-order valence-corrected chi connectivity index (χ0v) is 17.2. The Morgan fingerprint density at radius 2 is 1.65 bits per heavy atom. The Kier molecular flexibility index (Phi) is 6.31. The SMILES string of the molecule is O=C(Nc1ccc(N2CCCCC2)c(F)c1)c1ccc(N2CCOCC2)c([N+](=O)[O-])c1. The van der Waals surface area contributed by atoms with Crippen LogP contribution in [-0.2, 0) is 4.74 Å². The fourth-order valence-corrected chi connectivity index (χ4v) is 4.06. The van der Waals surface area contributed by atoms with E-state index in [-0.39, 0.29) is 11.3 Å². The second kappa shape index (κ2) is 9.30. The molecule has 2 fully saturated rings. The summed E-state index contributed by atoms with van der Waals surface area (Å²) in [6, 6.07) is 9.00. The van der Waals surface area contributed by atoms with Gasteiger partial charge in [-0.05, 0) is 49.6 Å². The van der Waals surface area contributed by atoms with Crippen LogP contribution in [0.1, 0.15) is 29.6 Å². The Morgan fingerprint density at radius 3 is 2.32 bits per heavy atom. The highest BCUT2D eigenvalue weighted by atomic mass is 19.1. The van der Waals surface area contributed by atoms with Gasteiger partial charge in [-0.2, -0.15) is 0 Å². The molecule has 1 amide bonds. The maximum Gasteiger partial charge on any atom is 0.293 e. The summed E-state index contributed by atoms with van der Waals surface area (Å²) in [6.45, 7) is 3.74. The van der Waals surface area contributed by atoms with Crippen molar-refractivity contribution in [2.24, 2.45) is 0 Å². The van der Waals surface area contributed by atoms with Crippen molar-refractivity contribution >= 4 is 28.7 Å². The monoisotopic (exact) mass is 428 g/mol. The molecule has 9 heteroatoms. The molecule has 0 aromatic heterocycles. The summed E-state index contributed by atoms with van der Waals surface area (Å²) >= 11 is 0. The number of nitrogens with zero attached hydrogens (tertiary/aromatic N) is 3. The van der Waals surface area contributed by atoms with E-state index in [1.807, 2.05) is 9.80 Å². The molecule has 2 aromatic carbocycles. The summed E-state index contributed by atoms with van der Waals surface area (Å²) < 4.78 is 19.9. The van der Waals surface area contributed by atoms with Crippen molar-refractivity contribution in [3.05, 3.63) is 57.9 Å². The fourth-order valence-electron chi connectivity index (χ4n) is 4.06. The molecule has 0 saturated carbocycles. The molecule has 0 unspecified atom stereocenters. The van der Waals surface area contributed by atoms with Gasteiger partial charge in [-0.15, -0.1) is 0 Å². The third kappa shape index (κ3) is 4.77. The fraction of sp³-hybridized carbons (Fsp3) is 0.409. The smallest absolute Gasteiger partial charge is 0.293 e. The number of hydrogen-bond donors (Lipinski definition) is 1. The Bertz CT molecular complexity index is 972. The normalized spacial score (nSPS) is 16.8. The van der Waals surface area contributed by atoms with Gasteiger partial charge >= 0.3 is 0 Å². The van der Waals surface area contributed by atoms with Crippen LogP contribution < -0.4 is 15.1 Å². The number of carbonyl (C=O) groups is 1. The topological polar surface area (TPSA) is 88.0 Å². The molecular formula is C22H25FN4O4. The molecule has 1 N–H and O–H groups in total. The number of piperidine rings is 1. The quantitative estimate of drug-likeness (QED) is 0.576. The molecular weight excluding hydrogens is 403 g/mol. The molecule has 8 nitrogen and oxygen atoms in total. The Morgan fingerprint density at radius 1 is 0.968 bits per heavy atom. The van der Waals surface area contributed by atoms with Crippen molar-refractivity contribution in [2.75, 3.05) is 54.5 Å². The van der Waals surface area contributed by atoms with E-state index >= 15 is 0 Å². The van der Waals surface area contributed by atoms with Crippen LogP contribution in [0.15, 0.2) is 36.4 Å². The highest BCUT2D eigenvalue weighted by Crippen LogP contribution is 2.31. The lowest BCUT2D eigenvalue weighted by Crippen LogP contribution is -2.36. The molecule has 0 atom stereocenters. The van der Waals surface area contributed by atoms with Crippen LogP contribution in [0.5, 0.6) is 0 Å². The van der Waals surface area contributed by atoms with Crippen molar-refractivity contribution in [3.63, 3.8) is 0 Å². The molecule has 2 aliphatic rings. The number of anilines is 3. The highest BCUT2D eigenvalue weighted by molar-refractivity contribution is 6.05. The Labute approximate surface area is 179 Å². The van der Waals surface area contributed by atoms with Crippen LogP contribution in [0.3, 0.4) is 0 Å². The number of morpholine rings is 1. The Hall–Kier alpha value is -3.20. The van der Waals surface area contributed by atoms with Crippen LogP contribution >= 0.6 is 0 Å². The maximum atomic E-state index is 14.6. The third-order valence-corrected chi connectivity index (χ3v) is 5.69. The van der Waals surface area contributed by atoms with Gasteiger partial charge in [0.05, 0.1) is 23.8 Å². The first kappa shape index (κ1) is 21.0. The Balaban J connectivity index is 1.51. The lowest BCUT2D eigenvalue weighted by Gasteiger charge is -2.29. The molecule has 2 aromatic rings. The summed E-state index contributed by atoms with van der Waals surface area (Å²) in [7, 11) is 0. The molecule has 0 aliphatic carbocycles. The number of carbonyl (C=O) groups excluding carboxylic acids is 1. The first-order valence-corrected chi connectivity index (χ1v) is 10.5. The van der Waals surface area contributed by atoms with Gasteiger partial charge < -0.3 is 19.9 Å². The van der Waals surface area contributed by atoms with E-state index < -0.39 is 16.6 Å². The van der Waals surface area contributed by atoms with E-state index in [9.17, 15) is 19.3 Å². The molecule has 4 rings (SSSR count). The number of rotatable bonds is 5. The number of ether oxygens (including phenoxy) is 1. The first-order valence-electron chi connectivity index (χ1n) is 10.5. The molecule has 0 spiro atoms. The zero-order valence-electron chi connectivity index (χ0n) is 17.2. The second-order valence-corrected chi connectivity index (χ2v) is 7.73. The van der Waals surface area contributed by atoms with Crippen LogP contribution in [0.4, 0.5) is 27.1 Å². The van der Waals surface area contributed by atoms with Gasteiger partial charge in [-0.1, -0.05) is 0 Å². The number of nitro benzene ring substituents is 1. The van der Waals surface area contributed by atoms with Crippen LogP contribution in [-0.4, -0.2) is 50.2 Å². The summed E-state index contributed by atoms with van der Waals surface area (Å²) in [5.41, 5.74) is 1.30. The average Bonchev–Trinajstić information content (AvgIpc) is 2.80. The van der Waals surface area contributed by atoms with Crippen LogP contribution in [0, 0.1) is 15.9 Å². The van der Waals surface area contributed by atoms with E-state index in [1.165, 1.54) is 12.1 Å². The van der Waals surface area contributed by atoms with Crippen molar-refractivity contribution in [1.82, 2.24) is 0 Å². The minimum atomic E-state index is -0.526. The highest BCUT2D eigenvalue weighted by Gasteiger charge is 2.23. The van der Waals surface area contributed by atoms with Crippen molar-refractivity contribution < 1.29 is 18.8 Å². The average molecular weight is 428 g/mol. The summed E-state index contributed by atoms with van der Waals surface area (Å²) in [4.78, 5) is 27.7. The third-order valence-electron chi connectivity index (χ3n) is 5.69. The van der Waals surface area contributed by atoms with Gasteiger partial charge in [0.1, 0.15) is 11.5 Å². The molecule has 2 heterocycles. The largest absolute Gasteiger partial charge is 0.378 e. The van der Waals surface area contributed by atoms with E-state index in [1.54, 1.807) is 24.3 Å². The van der Waals surface area contributed by atoms with Crippen molar-refractivity contribution in [1.29, 1.82) is 0 Å². The van der Waals surface area contributed by atoms with Crippen LogP contribution in [0.25, 0.3) is 0 Å². The first-order chi connectivity index (χ1) is 15.0. The van der Waals surface area contributed by atoms with Gasteiger partial charge in [0.2, 0.25) is 0 Å². The van der Waals surface area contributed by atoms with E-state index in [0.717, 1.165) is 32.4 Å². The lowest BCUT2D eigenvalue weighted by molar-refractivity contribution is -0.384. The standard InChI is InChI=1S/C22H25FN4O4/c23-18-15-17(5-7-19(18)25-8-2-1-3-9-25)24-22(28)16-4-6-20(21(14-16)27(29)30)26-10-12-31-13-11-26/h4-7,14-15H,1-3,8-13H2,(H,24,28). The van der Waals surface area contributed by atoms with Crippen molar-refractivity contribution in [2.45, 2.75) is 19.3 Å². The lowest BCUT2D eigenvalue weighted by atomic mass is 10.1. The zero-order chi connectivity index (χ0) is 21.8. The molecule has 164 valence electrons. The molecule has 0 radical (unpaired) electrons. The molecule has 0 bridgehead atoms. The predicted molar refractivity (Wildman–Crippen MR) is 117 cm³/mol. The molecule has 2 aliphatic heterocycles. The van der Waals surface area contributed by atoms with Gasteiger partial charge in [0.15, 0.2) is 0 Å². The number of halogens is 1. The minimum Gasteiger partial charge on any atom is -0.378 e. The number of hydrogen-bond acceptors (Lipinski definition) is 6. The summed E-state index contributed by atoms with van der Waals surface area (Å²) in [5.74, 6) is -0.921. The van der Waals surface area contributed by atoms with Gasteiger partial charge in [-0.25, -0.2) is 4.39 Å². The molecule has 2 saturated heterocycles. The summed E-state index contributed by atoms with van der Waals surface area (Å²) in [6.07, 6.45) is 3.23. The predicted octanol–water partition coefficient (Wildman–Crippen LogP) is 3.81. The van der Waals surface area contributed by atoms with Crippen molar-refractivity contribution in [3.8, 4) is 0 Å². The number of nitrogens with one attached hydrogen (secondary N) is 1. The maximum absolute atomic E-state index is 14.6. The van der Waals surface area contributed by atoms with Crippen LogP contribution in [0.2, 0.25) is 0 Å². The number of benzene rings is 2. The van der Waals surface area contributed by atoms with Gasteiger partial charge in [-0.3, -0.25) is 14.9 Å². The van der Waals surface area contributed by atoms with E-state index in [0.29, 0.717) is 43.4 Å².